The van der Waals surface area contributed by atoms with Crippen LogP contribution in [0.4, 0.5) is 0 Å². The molecule has 3 heteroatoms. The van der Waals surface area contributed by atoms with Gasteiger partial charge >= 0.3 is 0 Å². The zero-order valence-electron chi connectivity index (χ0n) is 6.43. The van der Waals surface area contributed by atoms with Crippen LogP contribution >= 0.6 is 0 Å². The first kappa shape index (κ1) is 7.98. The average molecular weight is 144 g/mol. The lowest BCUT2D eigenvalue weighted by atomic mass is 10.0. The summed E-state index contributed by atoms with van der Waals surface area (Å²) in [5.74, 6) is 0.428. The van der Waals surface area contributed by atoms with Crippen LogP contribution in [0, 0.1) is 5.92 Å². The molecule has 60 valence electrons. The van der Waals surface area contributed by atoms with Gasteiger partial charge in [0.2, 0.25) is 0 Å². The van der Waals surface area contributed by atoms with Gasteiger partial charge in [-0.2, -0.15) is 0 Å². The van der Waals surface area contributed by atoms with E-state index in [2.05, 4.69) is 17.6 Å². The second kappa shape index (κ2) is 3.91. The van der Waals surface area contributed by atoms with Crippen molar-refractivity contribution in [3.05, 3.63) is 0 Å². The molecule has 1 heterocycles. The molecule has 0 spiro atoms. The van der Waals surface area contributed by atoms with Crippen LogP contribution in [0.25, 0.3) is 0 Å². The highest BCUT2D eigenvalue weighted by atomic mass is 16.3. The lowest BCUT2D eigenvalue weighted by molar-refractivity contribution is 0.222. The van der Waals surface area contributed by atoms with Crippen LogP contribution in [0.15, 0.2) is 0 Å². The lowest BCUT2D eigenvalue weighted by Crippen LogP contribution is -2.26. The Bertz CT molecular complexity index is 91.6. The quantitative estimate of drug-likeness (QED) is 0.501. The van der Waals surface area contributed by atoms with Crippen molar-refractivity contribution in [3.63, 3.8) is 0 Å². The fourth-order valence-electron chi connectivity index (χ4n) is 1.26. The van der Waals surface area contributed by atoms with Gasteiger partial charge in [0.1, 0.15) is 0 Å². The van der Waals surface area contributed by atoms with Gasteiger partial charge in [-0.1, -0.05) is 6.92 Å². The van der Waals surface area contributed by atoms with Crippen molar-refractivity contribution >= 4 is 0 Å². The van der Waals surface area contributed by atoms with E-state index in [1.54, 1.807) is 0 Å². The predicted molar refractivity (Wildman–Crippen MR) is 40.7 cm³/mol. The van der Waals surface area contributed by atoms with E-state index in [-0.39, 0.29) is 0 Å². The third-order valence-corrected chi connectivity index (χ3v) is 1.91. The van der Waals surface area contributed by atoms with Crippen molar-refractivity contribution in [3.8, 4) is 0 Å². The number of hydrogen-bond donors (Lipinski definition) is 3. The Hall–Kier alpha value is -0.120. The molecule has 0 saturated carbocycles. The Kier molecular flexibility index (Phi) is 3.12. The molecule has 1 unspecified atom stereocenters. The van der Waals surface area contributed by atoms with E-state index < -0.39 is 0 Å². The molecule has 1 aliphatic heterocycles. The first-order valence-electron chi connectivity index (χ1n) is 3.88. The highest BCUT2D eigenvalue weighted by molar-refractivity contribution is 4.76. The Morgan fingerprint density at radius 3 is 3.00 bits per heavy atom. The van der Waals surface area contributed by atoms with Crippen LogP contribution in [0.2, 0.25) is 0 Å². The average Bonchev–Trinajstić information content (AvgIpc) is 2.40. The second-order valence-electron chi connectivity index (χ2n) is 3.06. The Labute approximate surface area is 61.8 Å². The maximum atomic E-state index is 8.75. The minimum atomic E-state index is 0.304. The van der Waals surface area contributed by atoms with Crippen molar-refractivity contribution in [2.24, 2.45) is 5.92 Å². The topological polar surface area (TPSA) is 44.3 Å². The summed E-state index contributed by atoms with van der Waals surface area (Å²) in [7, 11) is 0. The normalized spacial score (nSPS) is 28.8. The van der Waals surface area contributed by atoms with Gasteiger partial charge < -0.3 is 15.7 Å². The van der Waals surface area contributed by atoms with Gasteiger partial charge in [-0.3, -0.25) is 0 Å². The van der Waals surface area contributed by atoms with Crippen molar-refractivity contribution < 1.29 is 5.11 Å². The van der Waals surface area contributed by atoms with Crippen molar-refractivity contribution in [1.29, 1.82) is 0 Å². The number of hydrogen-bond acceptors (Lipinski definition) is 3. The molecule has 1 aliphatic rings. The van der Waals surface area contributed by atoms with Gasteiger partial charge in [-0.25, -0.2) is 0 Å². The Morgan fingerprint density at radius 1 is 1.70 bits per heavy atom. The molecule has 3 N–H and O–H groups in total. The SMILES string of the molecule is C[C@H](CO)CC1CNCN1. The Morgan fingerprint density at radius 2 is 2.50 bits per heavy atom. The van der Waals surface area contributed by atoms with E-state index in [0.29, 0.717) is 18.6 Å². The number of aliphatic hydroxyl groups is 1. The monoisotopic (exact) mass is 144 g/mol. The van der Waals surface area contributed by atoms with Crippen LogP contribution in [0.5, 0.6) is 0 Å². The highest BCUT2D eigenvalue weighted by Crippen LogP contribution is 2.05. The summed E-state index contributed by atoms with van der Waals surface area (Å²) in [6.45, 7) is 4.34. The molecular formula is C7H16N2O. The van der Waals surface area contributed by atoms with E-state index in [9.17, 15) is 0 Å². The second-order valence-corrected chi connectivity index (χ2v) is 3.06. The van der Waals surface area contributed by atoms with E-state index in [1.165, 1.54) is 0 Å². The number of nitrogens with one attached hydrogen (secondary N) is 2. The van der Waals surface area contributed by atoms with Gasteiger partial charge in [0.15, 0.2) is 0 Å². The minimum Gasteiger partial charge on any atom is -0.396 e. The molecule has 10 heavy (non-hydrogen) atoms. The van der Waals surface area contributed by atoms with E-state index >= 15 is 0 Å². The molecule has 2 atom stereocenters. The van der Waals surface area contributed by atoms with Crippen molar-refractivity contribution in [1.82, 2.24) is 10.6 Å². The standard InChI is InChI=1S/C7H16N2O/c1-6(4-10)2-7-3-8-5-9-7/h6-10H,2-5H2,1H3/t6-,7?/m0/s1. The number of aliphatic hydroxyl groups excluding tert-OH is 1. The van der Waals surface area contributed by atoms with Gasteiger partial charge in [0.25, 0.3) is 0 Å². The van der Waals surface area contributed by atoms with Gasteiger partial charge in [0, 0.05) is 25.9 Å². The zero-order valence-corrected chi connectivity index (χ0v) is 6.43. The van der Waals surface area contributed by atoms with Crippen molar-refractivity contribution in [2.75, 3.05) is 19.8 Å². The molecule has 0 aromatic carbocycles. The maximum absolute atomic E-state index is 8.75. The molecule has 0 amide bonds. The zero-order chi connectivity index (χ0) is 7.40. The smallest absolute Gasteiger partial charge is 0.0457 e. The minimum absolute atomic E-state index is 0.304. The van der Waals surface area contributed by atoms with Crippen LogP contribution in [-0.4, -0.2) is 31.0 Å². The van der Waals surface area contributed by atoms with Crippen LogP contribution in [0.3, 0.4) is 0 Å². The third-order valence-electron chi connectivity index (χ3n) is 1.91. The maximum Gasteiger partial charge on any atom is 0.0457 e. The fraction of sp³-hybridized carbons (Fsp3) is 1.00. The molecule has 0 aliphatic carbocycles. The summed E-state index contributed by atoms with van der Waals surface area (Å²) in [4.78, 5) is 0. The van der Waals surface area contributed by atoms with Gasteiger partial charge in [-0.05, 0) is 12.3 Å². The molecule has 0 aromatic rings. The van der Waals surface area contributed by atoms with E-state index in [1.807, 2.05) is 0 Å². The summed E-state index contributed by atoms with van der Waals surface area (Å²) in [6.07, 6.45) is 1.07. The summed E-state index contributed by atoms with van der Waals surface area (Å²) < 4.78 is 0. The summed E-state index contributed by atoms with van der Waals surface area (Å²) in [5.41, 5.74) is 0. The summed E-state index contributed by atoms with van der Waals surface area (Å²) >= 11 is 0. The first-order valence-corrected chi connectivity index (χ1v) is 3.88. The molecule has 0 radical (unpaired) electrons. The third kappa shape index (κ3) is 2.25. The molecule has 0 aromatic heterocycles. The fourth-order valence-corrected chi connectivity index (χ4v) is 1.26. The van der Waals surface area contributed by atoms with E-state index in [0.717, 1.165) is 19.6 Å². The van der Waals surface area contributed by atoms with Gasteiger partial charge in [-0.15, -0.1) is 0 Å². The van der Waals surface area contributed by atoms with Crippen LogP contribution in [0.1, 0.15) is 13.3 Å². The molecule has 1 fully saturated rings. The predicted octanol–water partition coefficient (Wildman–Crippen LogP) is -0.476. The summed E-state index contributed by atoms with van der Waals surface area (Å²) in [5, 5.41) is 15.3. The van der Waals surface area contributed by atoms with Crippen LogP contribution in [-0.2, 0) is 0 Å². The Balaban J connectivity index is 2.11. The molecule has 1 saturated heterocycles. The summed E-state index contributed by atoms with van der Waals surface area (Å²) in [6, 6.07) is 0.571. The lowest BCUT2D eigenvalue weighted by Gasteiger charge is -2.12. The molecule has 0 bridgehead atoms. The molecular weight excluding hydrogens is 128 g/mol. The molecule has 1 rings (SSSR count). The van der Waals surface area contributed by atoms with E-state index in [4.69, 9.17) is 5.11 Å². The van der Waals surface area contributed by atoms with Crippen LogP contribution < -0.4 is 10.6 Å². The van der Waals surface area contributed by atoms with Crippen molar-refractivity contribution in [2.45, 2.75) is 19.4 Å². The van der Waals surface area contributed by atoms with Gasteiger partial charge in [0.05, 0.1) is 0 Å². The largest absolute Gasteiger partial charge is 0.396 e. The molecule has 3 nitrogen and oxygen atoms in total. The highest BCUT2D eigenvalue weighted by Gasteiger charge is 2.15. The first-order chi connectivity index (χ1) is 4.83. The number of rotatable bonds is 3.